The van der Waals surface area contributed by atoms with Gasteiger partial charge in [-0.3, -0.25) is 4.79 Å². The van der Waals surface area contributed by atoms with Crippen LogP contribution in [0.3, 0.4) is 0 Å². The number of rotatable bonds is 7. The van der Waals surface area contributed by atoms with Crippen LogP contribution in [0.1, 0.15) is 16.1 Å². The molecule has 1 heterocycles. The van der Waals surface area contributed by atoms with Crippen molar-refractivity contribution in [3.8, 4) is 0 Å². The Morgan fingerprint density at radius 1 is 1.43 bits per heavy atom. The minimum atomic E-state index is -0.109. The highest BCUT2D eigenvalue weighted by molar-refractivity contribution is 9.09. The minimum absolute atomic E-state index is 0.0422. The van der Waals surface area contributed by atoms with Crippen molar-refractivity contribution in [2.75, 3.05) is 13.7 Å². The maximum Gasteiger partial charge on any atom is 0.242 e. The molecule has 1 aromatic heterocycles. The van der Waals surface area contributed by atoms with Crippen molar-refractivity contribution in [2.24, 2.45) is 0 Å². The van der Waals surface area contributed by atoms with Gasteiger partial charge in [0.2, 0.25) is 5.91 Å². The van der Waals surface area contributed by atoms with Crippen LogP contribution in [0.5, 0.6) is 0 Å². The summed E-state index contributed by atoms with van der Waals surface area (Å²) in [5.41, 5.74) is 1.87. The SMILES string of the molecule is COCC(Br)c1cnnn1CC(=O)NCc1ccccc1. The maximum absolute atomic E-state index is 12.0. The van der Waals surface area contributed by atoms with E-state index in [-0.39, 0.29) is 17.3 Å². The van der Waals surface area contributed by atoms with E-state index in [1.54, 1.807) is 18.0 Å². The molecule has 1 atom stereocenters. The lowest BCUT2D eigenvalue weighted by Crippen LogP contribution is -2.28. The third-order valence-electron chi connectivity index (χ3n) is 2.91. The van der Waals surface area contributed by atoms with Gasteiger partial charge in [-0.25, -0.2) is 4.68 Å². The van der Waals surface area contributed by atoms with Gasteiger partial charge in [0.1, 0.15) is 6.54 Å². The molecule has 0 saturated heterocycles. The summed E-state index contributed by atoms with van der Waals surface area (Å²) < 4.78 is 6.64. The van der Waals surface area contributed by atoms with Crippen molar-refractivity contribution >= 4 is 21.8 Å². The molecule has 112 valence electrons. The number of halogens is 1. The molecular weight excluding hydrogens is 336 g/mol. The Morgan fingerprint density at radius 2 is 2.19 bits per heavy atom. The Labute approximate surface area is 131 Å². The standard InChI is InChI=1S/C14H17BrN4O2/c1-21-10-12(15)13-8-17-18-19(13)9-14(20)16-7-11-5-3-2-4-6-11/h2-6,8,12H,7,9-10H2,1H3,(H,16,20). The number of alkyl halides is 1. The smallest absolute Gasteiger partial charge is 0.242 e. The van der Waals surface area contributed by atoms with Gasteiger partial charge in [0, 0.05) is 13.7 Å². The number of aromatic nitrogens is 3. The van der Waals surface area contributed by atoms with Gasteiger partial charge in [-0.1, -0.05) is 51.5 Å². The number of carbonyl (C=O) groups is 1. The summed E-state index contributed by atoms with van der Waals surface area (Å²) in [4.78, 5) is 11.9. The van der Waals surface area contributed by atoms with Gasteiger partial charge >= 0.3 is 0 Å². The predicted molar refractivity (Wildman–Crippen MR) is 81.9 cm³/mol. The first kappa shape index (κ1) is 15.7. The molecule has 0 aliphatic carbocycles. The Kier molecular flexibility index (Phi) is 5.89. The third-order valence-corrected chi connectivity index (χ3v) is 3.64. The number of nitrogens with one attached hydrogen (secondary N) is 1. The number of nitrogens with zero attached hydrogens (tertiary/aromatic N) is 3. The van der Waals surface area contributed by atoms with E-state index in [1.165, 1.54) is 0 Å². The van der Waals surface area contributed by atoms with Gasteiger partial charge in [-0.05, 0) is 5.56 Å². The molecule has 0 bridgehead atoms. The second kappa shape index (κ2) is 7.90. The average Bonchev–Trinajstić information content (AvgIpc) is 2.95. The highest BCUT2D eigenvalue weighted by Gasteiger charge is 2.15. The molecule has 0 spiro atoms. The van der Waals surface area contributed by atoms with Crippen LogP contribution in [0.15, 0.2) is 36.5 Å². The van der Waals surface area contributed by atoms with Gasteiger partial charge in [-0.2, -0.15) is 0 Å². The van der Waals surface area contributed by atoms with Crippen LogP contribution in [-0.4, -0.2) is 34.6 Å². The Hall–Kier alpha value is -1.73. The van der Waals surface area contributed by atoms with Crippen molar-refractivity contribution in [3.05, 3.63) is 47.8 Å². The first-order valence-electron chi connectivity index (χ1n) is 6.52. The number of carbonyl (C=O) groups excluding carboxylic acids is 1. The van der Waals surface area contributed by atoms with Crippen molar-refractivity contribution < 1.29 is 9.53 Å². The lowest BCUT2D eigenvalue weighted by molar-refractivity contribution is -0.122. The second-order valence-corrected chi connectivity index (χ2v) is 5.61. The molecule has 6 nitrogen and oxygen atoms in total. The van der Waals surface area contributed by atoms with Crippen molar-refractivity contribution in [1.82, 2.24) is 20.3 Å². The highest BCUT2D eigenvalue weighted by Crippen LogP contribution is 2.21. The molecule has 0 radical (unpaired) electrons. The monoisotopic (exact) mass is 352 g/mol. The Morgan fingerprint density at radius 3 is 2.90 bits per heavy atom. The van der Waals surface area contributed by atoms with Crippen LogP contribution in [0, 0.1) is 0 Å². The van der Waals surface area contributed by atoms with E-state index in [4.69, 9.17) is 4.74 Å². The molecule has 1 amide bonds. The molecular formula is C14H17BrN4O2. The quantitative estimate of drug-likeness (QED) is 0.769. The molecule has 0 fully saturated rings. The number of hydrogen-bond donors (Lipinski definition) is 1. The summed E-state index contributed by atoms with van der Waals surface area (Å²) in [6.45, 7) is 1.12. The van der Waals surface area contributed by atoms with Crippen LogP contribution in [0.25, 0.3) is 0 Å². The molecule has 2 rings (SSSR count). The molecule has 0 aliphatic rings. The lowest BCUT2D eigenvalue weighted by Gasteiger charge is -2.11. The Bertz CT molecular complexity index is 573. The summed E-state index contributed by atoms with van der Waals surface area (Å²) >= 11 is 3.48. The van der Waals surface area contributed by atoms with Crippen molar-refractivity contribution in [3.63, 3.8) is 0 Å². The van der Waals surface area contributed by atoms with Crippen LogP contribution in [0.2, 0.25) is 0 Å². The molecule has 7 heteroatoms. The fraction of sp³-hybridized carbons (Fsp3) is 0.357. The molecule has 0 saturated carbocycles. The van der Waals surface area contributed by atoms with E-state index in [0.717, 1.165) is 11.3 Å². The molecule has 1 aromatic carbocycles. The number of benzene rings is 1. The number of amides is 1. The molecule has 1 N–H and O–H groups in total. The van der Waals surface area contributed by atoms with E-state index >= 15 is 0 Å². The van der Waals surface area contributed by atoms with Crippen LogP contribution in [-0.2, 0) is 22.6 Å². The summed E-state index contributed by atoms with van der Waals surface area (Å²) in [5, 5.41) is 10.6. The lowest BCUT2D eigenvalue weighted by atomic mass is 10.2. The largest absolute Gasteiger partial charge is 0.383 e. The molecule has 0 aliphatic heterocycles. The average molecular weight is 353 g/mol. The van der Waals surface area contributed by atoms with E-state index in [0.29, 0.717) is 13.2 Å². The van der Waals surface area contributed by atoms with Crippen LogP contribution >= 0.6 is 15.9 Å². The minimum Gasteiger partial charge on any atom is -0.383 e. The zero-order valence-corrected chi connectivity index (χ0v) is 13.3. The highest BCUT2D eigenvalue weighted by atomic mass is 79.9. The fourth-order valence-electron chi connectivity index (χ4n) is 1.85. The first-order valence-corrected chi connectivity index (χ1v) is 7.44. The summed E-state index contributed by atoms with van der Waals surface area (Å²) in [6.07, 6.45) is 1.63. The first-order chi connectivity index (χ1) is 10.2. The molecule has 2 aromatic rings. The van der Waals surface area contributed by atoms with E-state index in [1.807, 2.05) is 30.3 Å². The predicted octanol–water partition coefficient (Wildman–Crippen LogP) is 1.68. The summed E-state index contributed by atoms with van der Waals surface area (Å²) in [5.74, 6) is -0.109. The maximum atomic E-state index is 12.0. The number of hydrogen-bond acceptors (Lipinski definition) is 4. The zero-order chi connectivity index (χ0) is 15.1. The van der Waals surface area contributed by atoms with Gasteiger partial charge in [0.05, 0.1) is 23.3 Å². The van der Waals surface area contributed by atoms with Crippen LogP contribution in [0.4, 0.5) is 0 Å². The van der Waals surface area contributed by atoms with Crippen molar-refractivity contribution in [2.45, 2.75) is 17.9 Å². The van der Waals surface area contributed by atoms with Gasteiger partial charge in [0.25, 0.3) is 0 Å². The van der Waals surface area contributed by atoms with Gasteiger partial charge in [0.15, 0.2) is 0 Å². The summed E-state index contributed by atoms with van der Waals surface area (Å²) in [7, 11) is 1.62. The van der Waals surface area contributed by atoms with Gasteiger partial charge in [-0.15, -0.1) is 5.10 Å². The van der Waals surface area contributed by atoms with Crippen molar-refractivity contribution in [1.29, 1.82) is 0 Å². The van der Waals surface area contributed by atoms with E-state index < -0.39 is 0 Å². The fourth-order valence-corrected chi connectivity index (χ4v) is 2.47. The number of methoxy groups -OCH3 is 1. The normalized spacial score (nSPS) is 12.1. The molecule has 21 heavy (non-hydrogen) atoms. The second-order valence-electron chi connectivity index (χ2n) is 4.50. The number of ether oxygens (including phenoxy) is 1. The Balaban J connectivity index is 1.90. The zero-order valence-electron chi connectivity index (χ0n) is 11.7. The van der Waals surface area contributed by atoms with Gasteiger partial charge < -0.3 is 10.1 Å². The van der Waals surface area contributed by atoms with Crippen LogP contribution < -0.4 is 5.32 Å². The topological polar surface area (TPSA) is 69.0 Å². The molecule has 1 unspecified atom stereocenters. The third kappa shape index (κ3) is 4.64. The summed E-state index contributed by atoms with van der Waals surface area (Å²) in [6, 6.07) is 9.76. The van der Waals surface area contributed by atoms with E-state index in [2.05, 4.69) is 31.6 Å². The van der Waals surface area contributed by atoms with E-state index in [9.17, 15) is 4.79 Å².